The van der Waals surface area contributed by atoms with Crippen molar-refractivity contribution in [2.24, 2.45) is 0 Å². The summed E-state index contributed by atoms with van der Waals surface area (Å²) in [4.78, 5) is 14.1. The molecule has 3 rings (SSSR count). The van der Waals surface area contributed by atoms with Crippen LogP contribution in [0.4, 0.5) is 5.69 Å². The third-order valence-corrected chi connectivity index (χ3v) is 3.77. The number of carbonyl (C=O) groups is 1. The smallest absolute Gasteiger partial charge is 0.264 e. The summed E-state index contributed by atoms with van der Waals surface area (Å²) < 4.78 is 5.69. The Morgan fingerprint density at radius 1 is 0.913 bits per heavy atom. The van der Waals surface area contributed by atoms with E-state index in [1.165, 1.54) is 0 Å². The highest BCUT2D eigenvalue weighted by atomic mass is 16.5. The normalized spacial score (nSPS) is 10.5. The van der Waals surface area contributed by atoms with Crippen LogP contribution in [0.25, 0.3) is 10.8 Å². The second-order valence-corrected chi connectivity index (χ2v) is 5.27. The van der Waals surface area contributed by atoms with Gasteiger partial charge in [0.05, 0.1) is 0 Å². The van der Waals surface area contributed by atoms with Gasteiger partial charge in [0, 0.05) is 12.2 Å². The number of carbonyl (C=O) groups excluding carboxylic acids is 1. The van der Waals surface area contributed by atoms with Crippen LogP contribution in [-0.4, -0.2) is 19.1 Å². The van der Waals surface area contributed by atoms with Gasteiger partial charge < -0.3 is 9.64 Å². The van der Waals surface area contributed by atoms with Crippen molar-refractivity contribution >= 4 is 22.4 Å². The summed E-state index contributed by atoms with van der Waals surface area (Å²) in [7, 11) is 0. The van der Waals surface area contributed by atoms with E-state index in [2.05, 4.69) is 6.07 Å². The summed E-state index contributed by atoms with van der Waals surface area (Å²) in [5, 5.41) is 2.26. The molecule has 0 N–H and O–H groups in total. The molecule has 3 aromatic rings. The lowest BCUT2D eigenvalue weighted by atomic mass is 10.1. The fraction of sp³-hybridized carbons (Fsp3) is 0.150. The highest BCUT2D eigenvalue weighted by Crippen LogP contribution is 2.21. The van der Waals surface area contributed by atoms with Crippen LogP contribution in [0.5, 0.6) is 5.75 Å². The molecule has 0 aliphatic heterocycles. The minimum Gasteiger partial charge on any atom is -0.484 e. The number of para-hydroxylation sites is 1. The molecular weight excluding hydrogens is 286 g/mol. The first-order valence-corrected chi connectivity index (χ1v) is 7.75. The van der Waals surface area contributed by atoms with Crippen LogP contribution in [0.15, 0.2) is 72.8 Å². The predicted octanol–water partition coefficient (Wildman–Crippen LogP) is 4.27. The molecule has 0 spiro atoms. The standard InChI is InChI=1S/C20H19NO2/c1-2-21(18-10-4-3-5-11-18)20(22)15-23-19-13-12-16-8-6-7-9-17(16)14-19/h3-14H,2,15H2,1H3. The van der Waals surface area contributed by atoms with E-state index in [4.69, 9.17) is 4.74 Å². The van der Waals surface area contributed by atoms with Crippen molar-refractivity contribution in [3.8, 4) is 5.75 Å². The van der Waals surface area contributed by atoms with E-state index in [0.29, 0.717) is 12.3 Å². The second kappa shape index (κ2) is 6.97. The van der Waals surface area contributed by atoms with Crippen molar-refractivity contribution in [2.75, 3.05) is 18.1 Å². The average molecular weight is 305 g/mol. The van der Waals surface area contributed by atoms with Gasteiger partial charge in [-0.15, -0.1) is 0 Å². The van der Waals surface area contributed by atoms with Crippen molar-refractivity contribution in [3.63, 3.8) is 0 Å². The van der Waals surface area contributed by atoms with E-state index in [9.17, 15) is 4.79 Å². The fourth-order valence-electron chi connectivity index (χ4n) is 2.59. The highest BCUT2D eigenvalue weighted by Gasteiger charge is 2.14. The lowest BCUT2D eigenvalue weighted by Gasteiger charge is -2.21. The van der Waals surface area contributed by atoms with Crippen LogP contribution in [0.2, 0.25) is 0 Å². The van der Waals surface area contributed by atoms with Gasteiger partial charge in [0.2, 0.25) is 0 Å². The minimum atomic E-state index is -0.0492. The van der Waals surface area contributed by atoms with E-state index >= 15 is 0 Å². The van der Waals surface area contributed by atoms with Gasteiger partial charge in [-0.05, 0) is 42.0 Å². The molecule has 3 aromatic carbocycles. The Kier molecular flexibility index (Phi) is 4.57. The number of hydrogen-bond acceptors (Lipinski definition) is 2. The Labute approximate surface area is 136 Å². The van der Waals surface area contributed by atoms with Crippen molar-refractivity contribution in [3.05, 3.63) is 72.8 Å². The zero-order valence-electron chi connectivity index (χ0n) is 13.1. The zero-order valence-corrected chi connectivity index (χ0v) is 13.1. The number of nitrogens with zero attached hydrogens (tertiary/aromatic N) is 1. The Bertz CT molecular complexity index is 799. The molecule has 0 heterocycles. The number of amides is 1. The Hall–Kier alpha value is -2.81. The Morgan fingerprint density at radius 3 is 2.35 bits per heavy atom. The quantitative estimate of drug-likeness (QED) is 0.704. The number of ether oxygens (including phenoxy) is 1. The largest absolute Gasteiger partial charge is 0.484 e. The molecule has 23 heavy (non-hydrogen) atoms. The number of rotatable bonds is 5. The molecule has 0 saturated carbocycles. The van der Waals surface area contributed by atoms with Gasteiger partial charge in [0.1, 0.15) is 5.75 Å². The predicted molar refractivity (Wildman–Crippen MR) is 93.9 cm³/mol. The van der Waals surface area contributed by atoms with Gasteiger partial charge in [0.15, 0.2) is 6.61 Å². The molecule has 0 atom stereocenters. The monoisotopic (exact) mass is 305 g/mol. The number of fused-ring (bicyclic) bond motifs is 1. The van der Waals surface area contributed by atoms with Gasteiger partial charge in [-0.3, -0.25) is 4.79 Å². The summed E-state index contributed by atoms with van der Waals surface area (Å²) in [5.74, 6) is 0.660. The third-order valence-electron chi connectivity index (χ3n) is 3.77. The van der Waals surface area contributed by atoms with E-state index in [-0.39, 0.29) is 12.5 Å². The second-order valence-electron chi connectivity index (χ2n) is 5.27. The summed E-state index contributed by atoms with van der Waals surface area (Å²) in [5.41, 5.74) is 0.891. The van der Waals surface area contributed by atoms with E-state index in [0.717, 1.165) is 16.5 Å². The van der Waals surface area contributed by atoms with E-state index < -0.39 is 0 Å². The lowest BCUT2D eigenvalue weighted by molar-refractivity contribution is -0.120. The van der Waals surface area contributed by atoms with Gasteiger partial charge >= 0.3 is 0 Å². The van der Waals surface area contributed by atoms with E-state index in [1.807, 2.05) is 73.7 Å². The maximum atomic E-state index is 12.4. The zero-order chi connectivity index (χ0) is 16.1. The SMILES string of the molecule is CCN(C(=O)COc1ccc2ccccc2c1)c1ccccc1. The van der Waals surface area contributed by atoms with Crippen LogP contribution in [0.3, 0.4) is 0 Å². The number of anilines is 1. The molecule has 0 aliphatic carbocycles. The molecule has 3 nitrogen and oxygen atoms in total. The molecule has 0 bridgehead atoms. The third kappa shape index (κ3) is 3.51. The van der Waals surface area contributed by atoms with Crippen LogP contribution < -0.4 is 9.64 Å². The minimum absolute atomic E-state index is 0.0288. The highest BCUT2D eigenvalue weighted by molar-refractivity contribution is 5.94. The summed E-state index contributed by atoms with van der Waals surface area (Å²) in [6, 6.07) is 23.6. The summed E-state index contributed by atoms with van der Waals surface area (Å²) in [6.07, 6.45) is 0. The van der Waals surface area contributed by atoms with Crippen LogP contribution in [0, 0.1) is 0 Å². The van der Waals surface area contributed by atoms with Gasteiger partial charge in [-0.25, -0.2) is 0 Å². The first-order valence-electron chi connectivity index (χ1n) is 7.75. The summed E-state index contributed by atoms with van der Waals surface area (Å²) >= 11 is 0. The molecule has 0 unspecified atom stereocenters. The Balaban J connectivity index is 1.69. The number of likely N-dealkylation sites (N-methyl/N-ethyl adjacent to an activating group) is 1. The molecule has 0 saturated heterocycles. The Morgan fingerprint density at radius 2 is 1.61 bits per heavy atom. The number of benzene rings is 3. The maximum Gasteiger partial charge on any atom is 0.264 e. The average Bonchev–Trinajstić information content (AvgIpc) is 2.61. The first-order chi connectivity index (χ1) is 11.3. The molecule has 0 radical (unpaired) electrons. The first kappa shape index (κ1) is 15.1. The van der Waals surface area contributed by atoms with E-state index in [1.54, 1.807) is 4.90 Å². The van der Waals surface area contributed by atoms with Crippen LogP contribution in [0.1, 0.15) is 6.92 Å². The van der Waals surface area contributed by atoms with Gasteiger partial charge in [-0.2, -0.15) is 0 Å². The topological polar surface area (TPSA) is 29.5 Å². The number of hydrogen-bond donors (Lipinski definition) is 0. The van der Waals surface area contributed by atoms with Crippen LogP contribution >= 0.6 is 0 Å². The maximum absolute atomic E-state index is 12.4. The molecule has 0 aliphatic rings. The molecule has 1 amide bonds. The summed E-state index contributed by atoms with van der Waals surface area (Å²) in [6.45, 7) is 2.60. The van der Waals surface area contributed by atoms with Gasteiger partial charge in [0.25, 0.3) is 5.91 Å². The van der Waals surface area contributed by atoms with Crippen molar-refractivity contribution in [1.29, 1.82) is 0 Å². The fourth-order valence-corrected chi connectivity index (χ4v) is 2.59. The molecule has 0 aromatic heterocycles. The molecule has 0 fully saturated rings. The lowest BCUT2D eigenvalue weighted by Crippen LogP contribution is -2.34. The van der Waals surface area contributed by atoms with Crippen molar-refractivity contribution in [2.45, 2.75) is 6.92 Å². The van der Waals surface area contributed by atoms with Crippen molar-refractivity contribution in [1.82, 2.24) is 0 Å². The van der Waals surface area contributed by atoms with Crippen LogP contribution in [-0.2, 0) is 4.79 Å². The molecule has 3 heteroatoms. The van der Waals surface area contributed by atoms with Crippen molar-refractivity contribution < 1.29 is 9.53 Å². The molecule has 116 valence electrons. The molecular formula is C20H19NO2. The van der Waals surface area contributed by atoms with Gasteiger partial charge in [-0.1, -0.05) is 48.5 Å².